The molecular weight excluding hydrogens is 336 g/mol. The van der Waals surface area contributed by atoms with Crippen molar-refractivity contribution < 1.29 is 0 Å². The van der Waals surface area contributed by atoms with Crippen molar-refractivity contribution >= 4 is 28.7 Å². The Bertz CT molecular complexity index is 827. The lowest BCUT2D eigenvalue weighted by molar-refractivity contribution is 0.867. The third-order valence-corrected chi connectivity index (χ3v) is 4.65. The van der Waals surface area contributed by atoms with Gasteiger partial charge in [0.05, 0.1) is 6.54 Å². The maximum absolute atomic E-state index is 5.74. The summed E-state index contributed by atoms with van der Waals surface area (Å²) in [5, 5.41) is 4.08. The summed E-state index contributed by atoms with van der Waals surface area (Å²) >= 11 is 5.74. The first kappa shape index (κ1) is 18.2. The van der Waals surface area contributed by atoms with Crippen LogP contribution in [0.15, 0.2) is 84.9 Å². The van der Waals surface area contributed by atoms with Gasteiger partial charge in [0, 0.05) is 11.4 Å². The molecule has 0 amide bonds. The normalized spacial score (nSPS) is 10.6. The molecule has 2 nitrogen and oxygen atoms in total. The third-order valence-electron chi connectivity index (χ3n) is 4.33. The molecule has 0 aliphatic carbocycles. The van der Waals surface area contributed by atoms with Crippen LogP contribution >= 0.6 is 12.2 Å². The maximum Gasteiger partial charge on any atom is 0.178 e. The van der Waals surface area contributed by atoms with Gasteiger partial charge in [-0.3, -0.25) is 0 Å². The monoisotopic (exact) mass is 360 g/mol. The van der Waals surface area contributed by atoms with Crippen LogP contribution in [0, 0.1) is 0 Å². The van der Waals surface area contributed by atoms with E-state index < -0.39 is 0 Å². The summed E-state index contributed by atoms with van der Waals surface area (Å²) in [7, 11) is 0. The lowest BCUT2D eigenvalue weighted by Gasteiger charge is -2.26. The van der Waals surface area contributed by atoms with Crippen molar-refractivity contribution in [2.45, 2.75) is 26.3 Å². The van der Waals surface area contributed by atoms with Crippen LogP contribution in [0.5, 0.6) is 0 Å². The Hall–Kier alpha value is -2.65. The summed E-state index contributed by atoms with van der Waals surface area (Å²) in [4.78, 5) is 2.13. The van der Waals surface area contributed by atoms with Crippen LogP contribution in [0.3, 0.4) is 0 Å². The Morgan fingerprint density at radius 3 is 2.00 bits per heavy atom. The van der Waals surface area contributed by atoms with Gasteiger partial charge < -0.3 is 10.2 Å². The molecule has 3 heteroatoms. The summed E-state index contributed by atoms with van der Waals surface area (Å²) in [6.45, 7) is 5.12. The van der Waals surface area contributed by atoms with Gasteiger partial charge in [0.25, 0.3) is 0 Å². The van der Waals surface area contributed by atoms with Crippen LogP contribution in [0.1, 0.15) is 30.9 Å². The van der Waals surface area contributed by atoms with Crippen LogP contribution in [-0.4, -0.2) is 5.11 Å². The largest absolute Gasteiger partial charge is 0.332 e. The minimum absolute atomic E-state index is 0.523. The molecule has 0 spiro atoms. The Kier molecular flexibility index (Phi) is 6.03. The zero-order valence-electron chi connectivity index (χ0n) is 15.2. The Morgan fingerprint density at radius 2 is 1.42 bits per heavy atom. The number of anilines is 2. The van der Waals surface area contributed by atoms with Gasteiger partial charge in [0.15, 0.2) is 5.11 Å². The van der Waals surface area contributed by atoms with Crippen LogP contribution in [0.4, 0.5) is 11.4 Å². The molecule has 0 aliphatic heterocycles. The Balaban J connectivity index is 1.80. The second-order valence-corrected chi connectivity index (χ2v) is 7.00. The Morgan fingerprint density at radius 1 is 0.846 bits per heavy atom. The van der Waals surface area contributed by atoms with E-state index in [2.05, 4.69) is 84.7 Å². The Labute approximate surface area is 161 Å². The molecule has 0 radical (unpaired) electrons. The molecule has 3 aromatic rings. The highest BCUT2D eigenvalue weighted by Crippen LogP contribution is 2.21. The molecule has 0 unspecified atom stereocenters. The fourth-order valence-electron chi connectivity index (χ4n) is 2.80. The molecule has 132 valence electrons. The van der Waals surface area contributed by atoms with Crippen LogP contribution in [0.2, 0.25) is 0 Å². The minimum atomic E-state index is 0.523. The highest BCUT2D eigenvalue weighted by atomic mass is 32.1. The van der Waals surface area contributed by atoms with Crippen molar-refractivity contribution in [1.29, 1.82) is 0 Å². The number of rotatable bonds is 5. The molecule has 0 aromatic heterocycles. The molecule has 0 fully saturated rings. The average Bonchev–Trinajstić information content (AvgIpc) is 2.68. The van der Waals surface area contributed by atoms with Gasteiger partial charge >= 0.3 is 0 Å². The van der Waals surface area contributed by atoms with E-state index in [-0.39, 0.29) is 0 Å². The quantitative estimate of drug-likeness (QED) is 0.544. The zero-order chi connectivity index (χ0) is 18.4. The van der Waals surface area contributed by atoms with Crippen LogP contribution in [-0.2, 0) is 6.54 Å². The molecule has 1 N–H and O–H groups in total. The smallest absolute Gasteiger partial charge is 0.178 e. The summed E-state index contributed by atoms with van der Waals surface area (Å²) in [5.41, 5.74) is 4.63. The van der Waals surface area contributed by atoms with Gasteiger partial charge in [-0.2, -0.15) is 0 Å². The van der Waals surface area contributed by atoms with Crippen LogP contribution in [0.25, 0.3) is 0 Å². The first-order valence-corrected chi connectivity index (χ1v) is 9.32. The summed E-state index contributed by atoms with van der Waals surface area (Å²) in [6, 6.07) is 29.1. The zero-order valence-corrected chi connectivity index (χ0v) is 16.0. The molecule has 26 heavy (non-hydrogen) atoms. The number of para-hydroxylation sites is 1. The fourth-order valence-corrected chi connectivity index (χ4v) is 3.08. The van der Waals surface area contributed by atoms with Crippen LogP contribution < -0.4 is 10.2 Å². The first-order valence-electron chi connectivity index (χ1n) is 8.91. The predicted octanol–water partition coefficient (Wildman–Crippen LogP) is 6.21. The SMILES string of the molecule is CC(C)c1ccc(NC(=S)N(Cc2ccccc2)c2ccccc2)cc1. The summed E-state index contributed by atoms with van der Waals surface area (Å²) in [5.74, 6) is 0.523. The minimum Gasteiger partial charge on any atom is -0.332 e. The van der Waals surface area contributed by atoms with Crippen molar-refractivity contribution in [1.82, 2.24) is 0 Å². The van der Waals surface area contributed by atoms with Crippen molar-refractivity contribution in [3.63, 3.8) is 0 Å². The molecule has 0 saturated heterocycles. The van der Waals surface area contributed by atoms with Gasteiger partial charge in [-0.05, 0) is 53.5 Å². The van der Waals surface area contributed by atoms with E-state index in [0.29, 0.717) is 11.0 Å². The number of benzene rings is 3. The molecular formula is C23H24N2S. The van der Waals surface area contributed by atoms with Crippen molar-refractivity contribution in [3.8, 4) is 0 Å². The predicted molar refractivity (Wildman–Crippen MR) is 116 cm³/mol. The second-order valence-electron chi connectivity index (χ2n) is 6.61. The summed E-state index contributed by atoms with van der Waals surface area (Å²) in [6.07, 6.45) is 0. The molecule has 0 atom stereocenters. The number of nitrogens with zero attached hydrogens (tertiary/aromatic N) is 1. The number of hydrogen-bond donors (Lipinski definition) is 1. The van der Waals surface area contributed by atoms with Gasteiger partial charge in [-0.1, -0.05) is 74.5 Å². The van der Waals surface area contributed by atoms with E-state index in [1.165, 1.54) is 11.1 Å². The van der Waals surface area contributed by atoms with E-state index in [0.717, 1.165) is 17.9 Å². The van der Waals surface area contributed by atoms with E-state index in [4.69, 9.17) is 12.2 Å². The highest BCUT2D eigenvalue weighted by molar-refractivity contribution is 7.80. The topological polar surface area (TPSA) is 15.3 Å². The second kappa shape index (κ2) is 8.63. The number of hydrogen-bond acceptors (Lipinski definition) is 1. The number of nitrogens with one attached hydrogen (secondary N) is 1. The fraction of sp³-hybridized carbons (Fsp3) is 0.174. The summed E-state index contributed by atoms with van der Waals surface area (Å²) < 4.78 is 0. The maximum atomic E-state index is 5.74. The molecule has 0 bridgehead atoms. The van der Waals surface area contributed by atoms with E-state index >= 15 is 0 Å². The standard InChI is InChI=1S/C23H24N2S/c1-18(2)20-13-15-21(16-14-20)24-23(26)25(22-11-7-4-8-12-22)17-19-9-5-3-6-10-19/h3-16,18H,17H2,1-2H3,(H,24,26). The number of thiocarbonyl (C=S) groups is 1. The lowest BCUT2D eigenvalue weighted by Crippen LogP contribution is -2.34. The van der Waals surface area contributed by atoms with E-state index in [1.54, 1.807) is 0 Å². The molecule has 3 aromatic carbocycles. The van der Waals surface area contributed by atoms with Gasteiger partial charge in [0.2, 0.25) is 0 Å². The van der Waals surface area contributed by atoms with E-state index in [1.807, 2.05) is 24.3 Å². The molecule has 3 rings (SSSR count). The first-order chi connectivity index (χ1) is 12.6. The van der Waals surface area contributed by atoms with Gasteiger partial charge in [-0.15, -0.1) is 0 Å². The molecule has 0 saturated carbocycles. The van der Waals surface area contributed by atoms with Crippen molar-refractivity contribution in [2.75, 3.05) is 10.2 Å². The molecule has 0 heterocycles. The lowest BCUT2D eigenvalue weighted by atomic mass is 10.0. The van der Waals surface area contributed by atoms with E-state index in [9.17, 15) is 0 Å². The van der Waals surface area contributed by atoms with Gasteiger partial charge in [-0.25, -0.2) is 0 Å². The third kappa shape index (κ3) is 4.70. The average molecular weight is 361 g/mol. The van der Waals surface area contributed by atoms with Crippen molar-refractivity contribution in [2.24, 2.45) is 0 Å². The van der Waals surface area contributed by atoms with Crippen molar-refractivity contribution in [3.05, 3.63) is 96.1 Å². The van der Waals surface area contributed by atoms with Gasteiger partial charge in [0.1, 0.15) is 0 Å². The highest BCUT2D eigenvalue weighted by Gasteiger charge is 2.13. The molecule has 0 aliphatic rings.